The van der Waals surface area contributed by atoms with E-state index in [-0.39, 0.29) is 0 Å². The molecule has 0 amide bonds. The highest BCUT2D eigenvalue weighted by atomic mass is 16.4. The van der Waals surface area contributed by atoms with Crippen molar-refractivity contribution in [1.82, 2.24) is 5.32 Å². The Hall–Kier alpha value is -2.91. The Balaban J connectivity index is 2.10. The third-order valence-corrected chi connectivity index (χ3v) is 5.01. The van der Waals surface area contributed by atoms with Crippen LogP contribution in [0.4, 0.5) is 0 Å². The van der Waals surface area contributed by atoms with Crippen molar-refractivity contribution >= 4 is 5.97 Å². The third kappa shape index (κ3) is 4.09. The molecule has 1 atom stereocenters. The first kappa shape index (κ1) is 18.9. The largest absolute Gasteiger partial charge is 0.481 e. The lowest BCUT2D eigenvalue weighted by Gasteiger charge is -2.37. The molecule has 27 heavy (non-hydrogen) atoms. The first-order valence-electron chi connectivity index (χ1n) is 9.29. The van der Waals surface area contributed by atoms with Crippen LogP contribution in [0.1, 0.15) is 30.0 Å². The minimum Gasteiger partial charge on any atom is -0.481 e. The maximum Gasteiger partial charge on any atom is 0.306 e. The minimum atomic E-state index is -0.762. The van der Waals surface area contributed by atoms with Gasteiger partial charge >= 0.3 is 5.97 Å². The van der Waals surface area contributed by atoms with Gasteiger partial charge in [0.15, 0.2) is 0 Å². The SMILES string of the molecule is CC(CCNC(c1ccccc1)(c1ccccc1)c1ccccc1)C(=O)O. The Bertz CT molecular complexity index is 751. The second-order valence-corrected chi connectivity index (χ2v) is 6.80. The quantitative estimate of drug-likeness (QED) is 0.574. The van der Waals surface area contributed by atoms with Gasteiger partial charge in [-0.2, -0.15) is 0 Å². The number of nitrogens with one attached hydrogen (secondary N) is 1. The number of aliphatic carboxylic acids is 1. The van der Waals surface area contributed by atoms with Crippen molar-refractivity contribution in [3.8, 4) is 0 Å². The lowest BCUT2D eigenvalue weighted by atomic mass is 9.77. The average molecular weight is 359 g/mol. The molecule has 0 aliphatic carbocycles. The normalized spacial score (nSPS) is 12.5. The highest BCUT2D eigenvalue weighted by Gasteiger charge is 2.35. The molecule has 0 aliphatic rings. The Kier molecular flexibility index (Phi) is 6.05. The number of carboxylic acids is 1. The Morgan fingerprint density at radius 1 is 0.815 bits per heavy atom. The highest BCUT2D eigenvalue weighted by Crippen LogP contribution is 2.36. The first-order chi connectivity index (χ1) is 13.1. The molecule has 3 heteroatoms. The Labute approximate surface area is 160 Å². The Morgan fingerprint density at radius 2 is 1.19 bits per heavy atom. The van der Waals surface area contributed by atoms with Crippen molar-refractivity contribution in [2.45, 2.75) is 18.9 Å². The molecule has 0 spiro atoms. The van der Waals surface area contributed by atoms with Gasteiger partial charge < -0.3 is 5.11 Å². The van der Waals surface area contributed by atoms with Crippen LogP contribution in [0.3, 0.4) is 0 Å². The molecule has 1 unspecified atom stereocenters. The van der Waals surface area contributed by atoms with E-state index in [0.717, 1.165) is 16.7 Å². The molecule has 0 fully saturated rings. The van der Waals surface area contributed by atoms with Crippen LogP contribution in [0.15, 0.2) is 91.0 Å². The summed E-state index contributed by atoms with van der Waals surface area (Å²) in [6, 6.07) is 31.0. The van der Waals surface area contributed by atoms with Gasteiger partial charge in [-0.15, -0.1) is 0 Å². The van der Waals surface area contributed by atoms with Crippen molar-refractivity contribution in [2.75, 3.05) is 6.54 Å². The van der Waals surface area contributed by atoms with Crippen LogP contribution >= 0.6 is 0 Å². The van der Waals surface area contributed by atoms with Crippen LogP contribution in [0.25, 0.3) is 0 Å². The molecule has 3 rings (SSSR count). The Morgan fingerprint density at radius 3 is 1.52 bits per heavy atom. The van der Waals surface area contributed by atoms with Crippen LogP contribution < -0.4 is 5.32 Å². The van der Waals surface area contributed by atoms with Gasteiger partial charge in [0.25, 0.3) is 0 Å². The molecule has 138 valence electrons. The molecule has 2 N–H and O–H groups in total. The number of benzene rings is 3. The topological polar surface area (TPSA) is 49.3 Å². The van der Waals surface area contributed by atoms with Crippen LogP contribution in [0.5, 0.6) is 0 Å². The standard InChI is InChI=1S/C24H25NO2/c1-19(23(26)27)17-18-25-24(20-11-5-2-6-12-20,21-13-7-3-8-14-21)22-15-9-4-10-16-22/h2-16,19,25H,17-18H2,1H3,(H,26,27). The van der Waals surface area contributed by atoms with Gasteiger partial charge in [0.1, 0.15) is 0 Å². The molecule has 0 saturated carbocycles. The molecule has 0 aromatic heterocycles. The predicted molar refractivity (Wildman–Crippen MR) is 109 cm³/mol. The van der Waals surface area contributed by atoms with E-state index in [1.54, 1.807) is 6.92 Å². The maximum absolute atomic E-state index is 11.2. The van der Waals surface area contributed by atoms with Crippen molar-refractivity contribution < 1.29 is 9.90 Å². The highest BCUT2D eigenvalue weighted by molar-refractivity contribution is 5.69. The molecule has 3 nitrogen and oxygen atoms in total. The number of hydrogen-bond donors (Lipinski definition) is 2. The summed E-state index contributed by atoms with van der Waals surface area (Å²) in [4.78, 5) is 11.2. The van der Waals surface area contributed by atoms with Gasteiger partial charge in [-0.1, -0.05) is 97.9 Å². The van der Waals surface area contributed by atoms with Gasteiger partial charge in [0.05, 0.1) is 11.5 Å². The van der Waals surface area contributed by atoms with Gasteiger partial charge in [0.2, 0.25) is 0 Å². The van der Waals surface area contributed by atoms with E-state index in [1.807, 2.05) is 54.6 Å². The number of carbonyl (C=O) groups is 1. The zero-order valence-corrected chi connectivity index (χ0v) is 15.5. The van der Waals surface area contributed by atoms with Crippen molar-refractivity contribution in [1.29, 1.82) is 0 Å². The van der Waals surface area contributed by atoms with Crippen LogP contribution in [0.2, 0.25) is 0 Å². The minimum absolute atomic E-state index is 0.391. The summed E-state index contributed by atoms with van der Waals surface area (Å²) in [6.45, 7) is 2.34. The summed E-state index contributed by atoms with van der Waals surface area (Å²) in [7, 11) is 0. The smallest absolute Gasteiger partial charge is 0.306 e. The summed E-state index contributed by atoms with van der Waals surface area (Å²) in [6.07, 6.45) is 0.559. The summed E-state index contributed by atoms with van der Waals surface area (Å²) in [5.41, 5.74) is 2.85. The van der Waals surface area contributed by atoms with Crippen LogP contribution in [-0.2, 0) is 10.3 Å². The average Bonchev–Trinajstić information content (AvgIpc) is 2.73. The second kappa shape index (κ2) is 8.65. The molecule has 0 radical (unpaired) electrons. The van der Waals surface area contributed by atoms with Gasteiger partial charge in [-0.25, -0.2) is 0 Å². The van der Waals surface area contributed by atoms with E-state index in [1.165, 1.54) is 0 Å². The molecule has 3 aromatic rings. The van der Waals surface area contributed by atoms with Crippen LogP contribution in [0, 0.1) is 5.92 Å². The van der Waals surface area contributed by atoms with Gasteiger partial charge in [0, 0.05) is 0 Å². The van der Waals surface area contributed by atoms with Crippen LogP contribution in [-0.4, -0.2) is 17.6 Å². The monoisotopic (exact) mass is 359 g/mol. The zero-order chi connectivity index (χ0) is 19.1. The molecule has 0 bridgehead atoms. The molecule has 0 aliphatic heterocycles. The van der Waals surface area contributed by atoms with E-state index in [4.69, 9.17) is 0 Å². The zero-order valence-electron chi connectivity index (χ0n) is 15.5. The lowest BCUT2D eigenvalue weighted by molar-refractivity contribution is -0.141. The number of rotatable bonds is 8. The summed E-state index contributed by atoms with van der Waals surface area (Å²) >= 11 is 0. The third-order valence-electron chi connectivity index (χ3n) is 5.01. The van der Waals surface area contributed by atoms with Gasteiger partial charge in [-0.05, 0) is 29.7 Å². The van der Waals surface area contributed by atoms with E-state index in [9.17, 15) is 9.90 Å². The predicted octanol–water partition coefficient (Wildman–Crippen LogP) is 4.68. The first-order valence-corrected chi connectivity index (χ1v) is 9.29. The lowest BCUT2D eigenvalue weighted by Crippen LogP contribution is -2.45. The molecule has 0 saturated heterocycles. The molecular formula is C24H25NO2. The molecule has 3 aromatic carbocycles. The fraction of sp³-hybridized carbons (Fsp3) is 0.208. The van der Waals surface area contributed by atoms with E-state index in [2.05, 4.69) is 41.7 Å². The number of carboxylic acid groups (broad SMARTS) is 1. The summed E-state index contributed by atoms with van der Waals surface area (Å²) < 4.78 is 0. The second-order valence-electron chi connectivity index (χ2n) is 6.80. The fourth-order valence-electron chi connectivity index (χ4n) is 3.47. The molecular weight excluding hydrogens is 334 g/mol. The number of hydrogen-bond acceptors (Lipinski definition) is 2. The molecule has 0 heterocycles. The summed E-state index contributed by atoms with van der Waals surface area (Å²) in [5.74, 6) is -1.15. The van der Waals surface area contributed by atoms with E-state index in [0.29, 0.717) is 13.0 Å². The van der Waals surface area contributed by atoms with Gasteiger partial charge in [-0.3, -0.25) is 10.1 Å². The van der Waals surface area contributed by atoms with E-state index >= 15 is 0 Å². The maximum atomic E-state index is 11.2. The van der Waals surface area contributed by atoms with E-state index < -0.39 is 17.4 Å². The van der Waals surface area contributed by atoms with Crippen molar-refractivity contribution in [3.63, 3.8) is 0 Å². The van der Waals surface area contributed by atoms with Crippen molar-refractivity contribution in [3.05, 3.63) is 108 Å². The van der Waals surface area contributed by atoms with Crippen molar-refractivity contribution in [2.24, 2.45) is 5.92 Å². The summed E-state index contributed by atoms with van der Waals surface area (Å²) in [5, 5.41) is 12.9. The fourth-order valence-corrected chi connectivity index (χ4v) is 3.47.